The zero-order chi connectivity index (χ0) is 24.1. The fourth-order valence-electron chi connectivity index (χ4n) is 5.02. The predicted octanol–water partition coefficient (Wildman–Crippen LogP) is 4.39. The van der Waals surface area contributed by atoms with Gasteiger partial charge in [0.2, 0.25) is 0 Å². The molecule has 2 fully saturated rings. The molecule has 0 atom stereocenters. The molecule has 0 bridgehead atoms. The number of allylic oxidation sites excluding steroid dienone is 3. The van der Waals surface area contributed by atoms with Crippen LogP contribution < -0.4 is 5.32 Å². The van der Waals surface area contributed by atoms with E-state index >= 15 is 0 Å². The van der Waals surface area contributed by atoms with Gasteiger partial charge in [-0.05, 0) is 44.9 Å². The summed E-state index contributed by atoms with van der Waals surface area (Å²) in [6, 6.07) is 6.54. The van der Waals surface area contributed by atoms with Gasteiger partial charge in [-0.3, -0.25) is 14.5 Å². The number of nitrogens with one attached hydrogen (secondary N) is 1. The number of carbonyl (C=O) groups excluding carboxylic acids is 2. The SMILES string of the molecule is CCN(CC)C(=O)c1ccc(NC2CN(C3CCN(C(=O)[CH-]C4=CCCC=C4)CC3)C2)cc1Cl.[Fm]. The second kappa shape index (κ2) is 11.8. The molecule has 1 N–H and O–H groups in total. The number of carbonyl (C=O) groups is 2. The molecular formula is C27H36ClFmN4O2-. The standard InChI is InChI=1S/C27H36ClN4O2.Fm/c1-3-30(4-2)27(34)24-11-10-21(17-25(24)28)29-22-18-32(19-22)23-12-14-31(15-13-23)26(33)16-20-8-6-5-7-9-20;/h6,8-11,16-17,22-23,29H,3-5,7,12-15,18-19H2,1-2H3;/q-1;. The fraction of sp³-hybridized carbons (Fsp3) is 0.519. The van der Waals surface area contributed by atoms with Crippen LogP contribution in [0.25, 0.3) is 0 Å². The van der Waals surface area contributed by atoms with Gasteiger partial charge in [0.25, 0.3) is 5.91 Å². The van der Waals surface area contributed by atoms with Crippen LogP contribution in [0.3, 0.4) is 0 Å². The van der Waals surface area contributed by atoms with Crippen molar-refractivity contribution in [1.82, 2.24) is 14.7 Å². The number of amides is 2. The van der Waals surface area contributed by atoms with Crippen molar-refractivity contribution in [3.05, 3.63) is 59.0 Å². The second-order valence-corrected chi connectivity index (χ2v) is 9.76. The molecule has 0 radical (unpaired) electrons. The minimum absolute atomic E-state index is 0. The molecule has 3 aliphatic rings. The summed E-state index contributed by atoms with van der Waals surface area (Å²) in [7, 11) is 0. The van der Waals surface area contributed by atoms with Crippen LogP contribution in [0.15, 0.2) is 42.0 Å². The van der Waals surface area contributed by atoms with Gasteiger partial charge in [0, 0.05) is 51.0 Å². The minimum Gasteiger partial charge on any atom is -0.380 e. The van der Waals surface area contributed by atoms with E-state index in [4.69, 9.17) is 11.6 Å². The van der Waals surface area contributed by atoms with Crippen molar-refractivity contribution < 1.29 is 9.59 Å². The minimum atomic E-state index is -0.0225. The normalized spacial score (nSPS) is 18.8. The molecule has 35 heavy (non-hydrogen) atoms. The Bertz CT molecular complexity index is 948. The molecule has 0 unspecified atom stereocenters. The van der Waals surface area contributed by atoms with Crippen molar-refractivity contribution in [3.63, 3.8) is 0 Å². The van der Waals surface area contributed by atoms with E-state index in [0.717, 1.165) is 63.1 Å². The number of halogens is 1. The summed E-state index contributed by atoms with van der Waals surface area (Å²) in [5.74, 6) is 0.116. The average molecular weight is 741 g/mol. The van der Waals surface area contributed by atoms with Crippen LogP contribution in [0, 0.1) is 6.42 Å². The maximum Gasteiger partial charge on any atom is 0.255 e. The molecule has 1 aromatic carbocycles. The fourth-order valence-corrected chi connectivity index (χ4v) is 5.28. The Kier molecular flexibility index (Phi) is 8.83. The van der Waals surface area contributed by atoms with Crippen LogP contribution in [-0.2, 0) is 4.79 Å². The van der Waals surface area contributed by atoms with Crippen LogP contribution in [0.5, 0.6) is 0 Å². The largest absolute Gasteiger partial charge is 0.380 e. The zero-order valence-corrected chi connectivity index (χ0v) is 23.8. The van der Waals surface area contributed by atoms with Crippen LogP contribution in [0.2, 0.25) is 5.02 Å². The van der Waals surface area contributed by atoms with Gasteiger partial charge in [0.15, 0.2) is 5.91 Å². The number of nitrogens with zero attached hydrogens (tertiary/aromatic N) is 3. The Morgan fingerprint density at radius 1 is 1.14 bits per heavy atom. The first-order valence-corrected chi connectivity index (χ1v) is 13.0. The van der Waals surface area contributed by atoms with Gasteiger partial charge in [-0.1, -0.05) is 30.9 Å². The molecule has 4 rings (SSSR count). The molecule has 6 nitrogen and oxygen atoms in total. The van der Waals surface area contributed by atoms with Crippen molar-refractivity contribution in [2.75, 3.05) is 44.6 Å². The van der Waals surface area contributed by atoms with E-state index in [1.165, 1.54) is 0 Å². The van der Waals surface area contributed by atoms with Crippen molar-refractivity contribution in [1.29, 1.82) is 0 Å². The summed E-state index contributed by atoms with van der Waals surface area (Å²) >= 11 is 6.44. The molecule has 196 valence electrons. The Labute approximate surface area is 208 Å². The van der Waals surface area contributed by atoms with Crippen molar-refractivity contribution in [2.24, 2.45) is 0 Å². The van der Waals surface area contributed by atoms with Crippen molar-refractivity contribution in [2.45, 2.75) is 51.6 Å². The maximum absolute atomic E-state index is 12.6. The van der Waals surface area contributed by atoms with Gasteiger partial charge in [0.1, 0.15) is 0 Å². The van der Waals surface area contributed by atoms with E-state index in [2.05, 4.69) is 22.4 Å². The van der Waals surface area contributed by atoms with E-state index < -0.39 is 0 Å². The van der Waals surface area contributed by atoms with Crippen molar-refractivity contribution in [3.8, 4) is 0 Å². The summed E-state index contributed by atoms with van der Waals surface area (Å²) in [4.78, 5) is 31.4. The zero-order valence-electron chi connectivity index (χ0n) is 20.6. The molecule has 1 aromatic rings. The molecule has 0 saturated carbocycles. The molecule has 8 heteroatoms. The third-order valence-electron chi connectivity index (χ3n) is 7.14. The topological polar surface area (TPSA) is 55.9 Å². The molecule has 0 aromatic heterocycles. The first-order chi connectivity index (χ1) is 16.5. The predicted molar refractivity (Wildman–Crippen MR) is 138 cm³/mol. The molecule has 2 aliphatic heterocycles. The van der Waals surface area contributed by atoms with Gasteiger partial charge in [0.05, 0.1) is 16.6 Å². The monoisotopic (exact) mass is 740 g/mol. The number of hydrogen-bond donors (Lipinski definition) is 1. The summed E-state index contributed by atoms with van der Waals surface area (Å²) in [5.41, 5.74) is 2.55. The second-order valence-electron chi connectivity index (χ2n) is 9.35. The molecule has 0 spiro atoms. The van der Waals surface area contributed by atoms with Crippen LogP contribution in [0.4, 0.5) is 5.69 Å². The molecule has 2 amide bonds. The molecular weight excluding hydrogens is 705 g/mol. The maximum atomic E-state index is 12.6. The van der Waals surface area contributed by atoms with Crippen LogP contribution in [0.1, 0.15) is 49.9 Å². The van der Waals surface area contributed by atoms with E-state index in [9.17, 15) is 9.59 Å². The Balaban J connectivity index is 0.00000342. The quantitative estimate of drug-likeness (QED) is 0.403. The number of anilines is 1. The summed E-state index contributed by atoms with van der Waals surface area (Å²) in [5, 5.41) is 4.04. The van der Waals surface area contributed by atoms with Gasteiger partial charge in [-0.15, -0.1) is 6.08 Å². The van der Waals surface area contributed by atoms with Crippen LogP contribution >= 0.6 is 11.6 Å². The number of piperidine rings is 1. The summed E-state index contributed by atoms with van der Waals surface area (Å²) < 4.78 is 0. The summed E-state index contributed by atoms with van der Waals surface area (Å²) in [6.07, 6.45) is 12.2. The van der Waals surface area contributed by atoms with Gasteiger partial charge in [-0.25, -0.2) is 0 Å². The van der Waals surface area contributed by atoms with Crippen molar-refractivity contribution >= 4 is 29.1 Å². The number of rotatable bonds is 8. The summed E-state index contributed by atoms with van der Waals surface area (Å²) in [6.45, 7) is 8.91. The van der Waals surface area contributed by atoms with E-state index in [1.54, 1.807) is 11.3 Å². The number of likely N-dealkylation sites (tertiary alicyclic amines) is 2. The van der Waals surface area contributed by atoms with Gasteiger partial charge < -0.3 is 15.1 Å². The molecule has 2 heterocycles. The molecule has 1 aliphatic carbocycles. The first kappa shape index (κ1) is 26.2. The van der Waals surface area contributed by atoms with E-state index in [0.29, 0.717) is 35.8 Å². The Hall–Kier alpha value is -3.44. The number of benzene rings is 1. The smallest absolute Gasteiger partial charge is 0.255 e. The van der Waals surface area contributed by atoms with Gasteiger partial charge >= 0.3 is 0 Å². The first-order valence-electron chi connectivity index (χ1n) is 12.6. The van der Waals surface area contributed by atoms with E-state index in [1.807, 2.05) is 43.0 Å². The third-order valence-corrected chi connectivity index (χ3v) is 7.45. The Morgan fingerprint density at radius 2 is 1.86 bits per heavy atom. The Morgan fingerprint density at radius 3 is 2.46 bits per heavy atom. The average Bonchev–Trinajstić information content (AvgIpc) is 2.82. The molecule has 2 saturated heterocycles. The van der Waals surface area contributed by atoms with Gasteiger partial charge in [-0.2, -0.15) is 17.7 Å². The number of hydrogen-bond acceptors (Lipinski definition) is 4. The van der Waals surface area contributed by atoms with Crippen LogP contribution in [-0.4, -0.2) is 77.9 Å². The van der Waals surface area contributed by atoms with E-state index in [-0.39, 0.29) is 11.8 Å². The third kappa shape index (κ3) is 6.17.